The van der Waals surface area contributed by atoms with Gasteiger partial charge in [0.2, 0.25) is 12.0 Å². The molecule has 0 bridgehead atoms. The zero-order chi connectivity index (χ0) is 38.1. The summed E-state index contributed by atoms with van der Waals surface area (Å²) in [5.41, 5.74) is 14.0. The maximum absolute atomic E-state index is 12.3. The Morgan fingerprint density at radius 3 is 2.65 bits per heavy atom. The summed E-state index contributed by atoms with van der Waals surface area (Å²) in [7, 11) is 1.48. The van der Waals surface area contributed by atoms with Crippen LogP contribution in [0.2, 0.25) is 0 Å². The number of rotatable bonds is 9. The molecule has 54 heavy (non-hydrogen) atoms. The third kappa shape index (κ3) is 5.67. The highest BCUT2D eigenvalue weighted by Crippen LogP contribution is 2.60. The molecule has 17 heteroatoms. The smallest absolute Gasteiger partial charge is 0.317 e. The molecule has 1 fully saturated rings. The van der Waals surface area contributed by atoms with Crippen LogP contribution in [0.5, 0.6) is 28.7 Å². The number of aliphatic hydroxyl groups is 4. The number of aromatic nitrogens is 1. The Morgan fingerprint density at radius 2 is 1.91 bits per heavy atom. The number of ether oxygens (including phenoxy) is 7. The molecular weight excluding hydrogens is 710 g/mol. The number of nitrogens with one attached hydrogen (secondary N) is 1. The van der Waals surface area contributed by atoms with Crippen LogP contribution in [0.25, 0.3) is 22.0 Å². The van der Waals surface area contributed by atoms with Gasteiger partial charge in [0.1, 0.15) is 42.3 Å². The molecule has 10 N–H and O–H groups in total. The van der Waals surface area contributed by atoms with E-state index in [9.17, 15) is 30.0 Å². The van der Waals surface area contributed by atoms with E-state index in [4.69, 9.17) is 49.7 Å². The first-order valence-electron chi connectivity index (χ1n) is 17.3. The number of carbonyl (C=O) groups is 2. The molecule has 286 valence electrons. The minimum Gasteiger partial charge on any atom is -0.492 e. The van der Waals surface area contributed by atoms with Crippen molar-refractivity contribution in [2.24, 2.45) is 11.5 Å². The van der Waals surface area contributed by atoms with E-state index in [-0.39, 0.29) is 31.1 Å². The third-order valence-electron chi connectivity index (χ3n) is 10.6. The van der Waals surface area contributed by atoms with Crippen molar-refractivity contribution in [1.82, 2.24) is 4.98 Å². The molecule has 8 atom stereocenters. The first kappa shape index (κ1) is 35.9. The fourth-order valence-electron chi connectivity index (χ4n) is 8.12. The number of carboxylic acids is 1. The predicted octanol–water partition coefficient (Wildman–Crippen LogP) is 0.915. The van der Waals surface area contributed by atoms with Gasteiger partial charge in [-0.25, -0.2) is 0 Å². The molecule has 0 radical (unpaired) electrons. The van der Waals surface area contributed by atoms with Crippen LogP contribution in [0.1, 0.15) is 41.6 Å². The Balaban J connectivity index is 1.24. The van der Waals surface area contributed by atoms with Crippen molar-refractivity contribution < 1.29 is 68.3 Å². The second-order valence-electron chi connectivity index (χ2n) is 13.7. The lowest BCUT2D eigenvalue weighted by Gasteiger charge is -2.48. The number of hydrogen-bond acceptors (Lipinski definition) is 15. The average molecular weight is 750 g/mol. The summed E-state index contributed by atoms with van der Waals surface area (Å²) < 4.78 is 42.0. The van der Waals surface area contributed by atoms with Crippen LogP contribution >= 0.6 is 0 Å². The lowest BCUT2D eigenvalue weighted by atomic mass is 9.79. The second-order valence-corrected chi connectivity index (χ2v) is 13.7. The van der Waals surface area contributed by atoms with E-state index in [0.29, 0.717) is 39.7 Å². The Hall–Kier alpha value is -5.14. The number of nitrogens with two attached hydrogens (primary N) is 2. The molecule has 3 aromatic carbocycles. The zero-order valence-electron chi connectivity index (χ0n) is 28.8. The average Bonchev–Trinajstić information content (AvgIpc) is 3.70. The van der Waals surface area contributed by atoms with E-state index in [1.54, 1.807) is 12.1 Å². The molecular formula is C37H39N3O14. The van der Waals surface area contributed by atoms with Crippen LogP contribution in [-0.4, -0.2) is 105 Å². The van der Waals surface area contributed by atoms with E-state index >= 15 is 0 Å². The van der Waals surface area contributed by atoms with E-state index < -0.39 is 73.7 Å². The van der Waals surface area contributed by atoms with Gasteiger partial charge in [-0.3, -0.25) is 9.59 Å². The number of aromatic amines is 1. The highest BCUT2D eigenvalue weighted by atomic mass is 16.7. The summed E-state index contributed by atoms with van der Waals surface area (Å²) in [5, 5.41) is 54.2. The molecule has 5 heterocycles. The van der Waals surface area contributed by atoms with Crippen molar-refractivity contribution >= 4 is 22.8 Å². The molecule has 4 aliphatic heterocycles. The van der Waals surface area contributed by atoms with E-state index in [1.165, 1.54) is 7.11 Å². The number of fused-ring (bicyclic) bond motifs is 8. The van der Waals surface area contributed by atoms with Crippen LogP contribution in [0.4, 0.5) is 0 Å². The number of carboxylic acid groups (broad SMARTS) is 1. The number of H-pyrrole nitrogens is 1. The summed E-state index contributed by atoms with van der Waals surface area (Å²) in [5.74, 6) is -1.25. The number of carbonyl (C=O) groups excluding carboxylic acids is 1. The van der Waals surface area contributed by atoms with Gasteiger partial charge in [-0.2, -0.15) is 0 Å². The Morgan fingerprint density at radius 1 is 1.11 bits per heavy atom. The Labute approximate surface area is 306 Å². The van der Waals surface area contributed by atoms with Crippen molar-refractivity contribution in [3.8, 4) is 39.9 Å². The molecule has 8 rings (SSSR count). The van der Waals surface area contributed by atoms with Gasteiger partial charge in [-0.15, -0.1) is 0 Å². The van der Waals surface area contributed by atoms with E-state index in [0.717, 1.165) is 22.0 Å². The minimum atomic E-state index is -2.21. The van der Waals surface area contributed by atoms with Crippen LogP contribution < -0.4 is 35.2 Å². The zero-order valence-corrected chi connectivity index (χ0v) is 28.8. The molecule has 1 saturated heterocycles. The summed E-state index contributed by atoms with van der Waals surface area (Å²) in [4.78, 5) is 26.8. The summed E-state index contributed by atoms with van der Waals surface area (Å²) in [6, 6.07) is 12.9. The van der Waals surface area contributed by atoms with Gasteiger partial charge >= 0.3 is 11.9 Å². The molecule has 0 spiro atoms. The standard InChI is InChI=1S/C37H39N3O14/c1-48-31-21(50-14-41)7-6-16-19-13-49-23-10-22-17(26(27(23)29(19)53-30(16)31)18-12-40-20-5-3-2-4-15(18)20)8-9-37(47)34(46)28(45)32(54-36(37)51-22)33(35(38)39)52-25(44)11-24(42)43/h2-7,10,12,19,28-29,32-36,40-41,45-47H,8-9,11,13-14,38-39H2,1H3,(H,42,43)/t19-,28+,29+,32-,33-,34-,36+,37+/m0/s1. The molecule has 4 aromatic rings. The molecule has 0 unspecified atom stereocenters. The fraction of sp³-hybridized carbons (Fsp3) is 0.405. The Kier molecular flexibility index (Phi) is 9.04. The maximum Gasteiger partial charge on any atom is 0.317 e. The maximum atomic E-state index is 12.3. The second kappa shape index (κ2) is 13.6. The highest BCUT2D eigenvalue weighted by molar-refractivity contribution is 5.98. The van der Waals surface area contributed by atoms with Crippen LogP contribution in [0, 0.1) is 0 Å². The number of aliphatic carboxylic acids is 1. The molecule has 0 amide bonds. The van der Waals surface area contributed by atoms with E-state index in [1.807, 2.05) is 36.5 Å². The third-order valence-corrected chi connectivity index (χ3v) is 10.6. The van der Waals surface area contributed by atoms with Crippen LogP contribution in [-0.2, 0) is 25.5 Å². The van der Waals surface area contributed by atoms with E-state index in [2.05, 4.69) is 4.98 Å². The molecule has 4 aliphatic rings. The lowest BCUT2D eigenvalue weighted by molar-refractivity contribution is -0.329. The number of para-hydroxylation sites is 1. The van der Waals surface area contributed by atoms with Gasteiger partial charge in [0.25, 0.3) is 0 Å². The SMILES string of the molecule is COc1c(OCO)ccc2c1O[C@H]1c3c(cc4c(c3-c3c[nH]c5ccccc35)CC[C@]3(O)[C@H](O4)O[C@H]([C@H](OC(=O)CC(=O)O)C(N)N)[C@@H](O)[C@@H]3O)OC[C@@H]21. The first-order valence-corrected chi connectivity index (χ1v) is 17.3. The molecule has 0 aliphatic carbocycles. The van der Waals surface area contributed by atoms with Gasteiger partial charge in [0.15, 0.2) is 30.0 Å². The van der Waals surface area contributed by atoms with Crippen LogP contribution in [0.3, 0.4) is 0 Å². The molecule has 1 aromatic heterocycles. The Bertz CT molecular complexity index is 2120. The topological polar surface area (TPSA) is 268 Å². The lowest BCUT2D eigenvalue weighted by Crippen LogP contribution is -2.71. The van der Waals surface area contributed by atoms with Gasteiger partial charge in [0.05, 0.1) is 25.8 Å². The summed E-state index contributed by atoms with van der Waals surface area (Å²) in [6.45, 7) is -0.362. The van der Waals surface area contributed by atoms with Crippen molar-refractivity contribution in [3.63, 3.8) is 0 Å². The van der Waals surface area contributed by atoms with Crippen molar-refractivity contribution in [3.05, 3.63) is 65.4 Å². The van der Waals surface area contributed by atoms with Crippen LogP contribution in [0.15, 0.2) is 48.7 Å². The monoisotopic (exact) mass is 749 g/mol. The van der Waals surface area contributed by atoms with Gasteiger partial charge < -0.3 is 75.1 Å². The molecule has 17 nitrogen and oxygen atoms in total. The predicted molar refractivity (Wildman–Crippen MR) is 185 cm³/mol. The number of aliphatic hydroxyl groups excluding tert-OH is 3. The van der Waals surface area contributed by atoms with Crippen molar-refractivity contribution in [2.45, 2.75) is 73.8 Å². The fourth-order valence-corrected chi connectivity index (χ4v) is 8.12. The number of hydrogen-bond donors (Lipinski definition) is 8. The number of esters is 1. The minimum absolute atomic E-state index is 0.109. The van der Waals surface area contributed by atoms with Crippen molar-refractivity contribution in [2.75, 3.05) is 20.5 Å². The highest BCUT2D eigenvalue weighted by Gasteiger charge is 2.60. The normalized spacial score (nSPS) is 27.1. The van der Waals surface area contributed by atoms with Crippen molar-refractivity contribution in [1.29, 1.82) is 0 Å². The van der Waals surface area contributed by atoms with Gasteiger partial charge in [-0.05, 0) is 25.0 Å². The quantitative estimate of drug-likeness (QED) is 0.0671. The number of methoxy groups -OCH3 is 1. The largest absolute Gasteiger partial charge is 0.492 e. The molecule has 0 saturated carbocycles. The first-order chi connectivity index (χ1) is 25.9. The summed E-state index contributed by atoms with van der Waals surface area (Å²) in [6.07, 6.45) is -10.0. The van der Waals surface area contributed by atoms with Gasteiger partial charge in [0, 0.05) is 51.0 Å². The summed E-state index contributed by atoms with van der Waals surface area (Å²) >= 11 is 0. The number of benzene rings is 3. The van der Waals surface area contributed by atoms with Gasteiger partial charge in [-0.1, -0.05) is 24.3 Å².